The highest BCUT2D eigenvalue weighted by Gasteiger charge is 2.16. The number of benzene rings is 1. The van der Waals surface area contributed by atoms with Crippen LogP contribution in [0.2, 0.25) is 0 Å². The molecule has 0 fully saturated rings. The van der Waals surface area contributed by atoms with Gasteiger partial charge in [0.1, 0.15) is 0 Å². The number of aromatic nitrogens is 2. The summed E-state index contributed by atoms with van der Waals surface area (Å²) in [6, 6.07) is 7.64. The average Bonchev–Trinajstić information content (AvgIpc) is 2.86. The summed E-state index contributed by atoms with van der Waals surface area (Å²) in [5.74, 6) is 0.261. The lowest BCUT2D eigenvalue weighted by molar-refractivity contribution is 0.0915. The highest BCUT2D eigenvalue weighted by atomic mass is 16.3. The number of aliphatic hydroxyl groups is 1. The number of hydrogen-bond acceptors (Lipinski definition) is 3. The van der Waals surface area contributed by atoms with Crippen LogP contribution in [0.1, 0.15) is 47.1 Å². The van der Waals surface area contributed by atoms with Crippen LogP contribution in [0, 0.1) is 19.8 Å². The lowest BCUT2D eigenvalue weighted by Gasteiger charge is -2.13. The quantitative estimate of drug-likeness (QED) is 0.861. The third-order valence-electron chi connectivity index (χ3n) is 3.80. The van der Waals surface area contributed by atoms with E-state index in [-0.39, 0.29) is 12.5 Å². The highest BCUT2D eigenvalue weighted by molar-refractivity contribution is 5.95. The first-order valence-corrected chi connectivity index (χ1v) is 7.93. The standard InChI is InChI=1S/C18H25N3O2/c1-12(2)11-21-14(4)16(9-20-21)18(23)19-10-17(22)15-7-5-13(3)6-8-15/h5-9,12,17,22H,10-11H2,1-4H3,(H,19,23). The predicted octanol–water partition coefficient (Wildman–Crippen LogP) is 2.62. The second kappa shape index (κ2) is 7.42. The van der Waals surface area contributed by atoms with Gasteiger partial charge in [-0.2, -0.15) is 5.10 Å². The lowest BCUT2D eigenvalue weighted by atomic mass is 10.1. The van der Waals surface area contributed by atoms with Gasteiger partial charge in [-0.1, -0.05) is 43.7 Å². The van der Waals surface area contributed by atoms with E-state index in [9.17, 15) is 9.90 Å². The second-order valence-corrected chi connectivity index (χ2v) is 6.36. The van der Waals surface area contributed by atoms with Crippen LogP contribution in [0.4, 0.5) is 0 Å². The molecule has 0 aliphatic rings. The first-order valence-electron chi connectivity index (χ1n) is 7.93. The minimum absolute atomic E-state index is 0.177. The lowest BCUT2D eigenvalue weighted by Crippen LogP contribution is -2.28. The first-order chi connectivity index (χ1) is 10.9. The summed E-state index contributed by atoms with van der Waals surface area (Å²) in [4.78, 5) is 12.3. The van der Waals surface area contributed by atoms with Crippen molar-refractivity contribution in [3.8, 4) is 0 Å². The van der Waals surface area contributed by atoms with Crippen molar-refractivity contribution in [2.24, 2.45) is 5.92 Å². The Labute approximate surface area is 137 Å². The summed E-state index contributed by atoms with van der Waals surface area (Å²) in [6.07, 6.45) is 0.872. The Morgan fingerprint density at radius 1 is 1.26 bits per heavy atom. The maximum Gasteiger partial charge on any atom is 0.254 e. The van der Waals surface area contributed by atoms with Gasteiger partial charge >= 0.3 is 0 Å². The summed E-state index contributed by atoms with van der Waals surface area (Å²) < 4.78 is 1.84. The van der Waals surface area contributed by atoms with Crippen molar-refractivity contribution < 1.29 is 9.90 Å². The molecule has 1 unspecified atom stereocenters. The molecule has 2 aromatic rings. The maximum absolute atomic E-state index is 12.3. The predicted molar refractivity (Wildman–Crippen MR) is 90.3 cm³/mol. The van der Waals surface area contributed by atoms with E-state index < -0.39 is 6.10 Å². The fraction of sp³-hybridized carbons (Fsp3) is 0.444. The molecule has 2 rings (SSSR count). The van der Waals surface area contributed by atoms with Crippen molar-refractivity contribution in [2.75, 3.05) is 6.54 Å². The number of carbonyl (C=O) groups excluding carboxylic acids is 1. The normalized spacial score (nSPS) is 12.4. The molecule has 0 aliphatic heterocycles. The molecule has 5 heteroatoms. The molecule has 0 bridgehead atoms. The Hall–Kier alpha value is -2.14. The van der Waals surface area contributed by atoms with Crippen LogP contribution in [-0.2, 0) is 6.54 Å². The Balaban J connectivity index is 1.97. The van der Waals surface area contributed by atoms with Gasteiger partial charge in [0.15, 0.2) is 0 Å². The average molecular weight is 315 g/mol. The molecule has 1 aromatic heterocycles. The summed E-state index contributed by atoms with van der Waals surface area (Å²) in [5, 5.41) is 17.2. The zero-order valence-corrected chi connectivity index (χ0v) is 14.2. The zero-order chi connectivity index (χ0) is 17.0. The number of nitrogens with one attached hydrogen (secondary N) is 1. The zero-order valence-electron chi connectivity index (χ0n) is 14.2. The smallest absolute Gasteiger partial charge is 0.254 e. The summed E-state index contributed by atoms with van der Waals surface area (Å²) >= 11 is 0. The van der Waals surface area contributed by atoms with Crippen LogP contribution in [0.15, 0.2) is 30.5 Å². The molecule has 1 amide bonds. The van der Waals surface area contributed by atoms with Gasteiger partial charge in [-0.15, -0.1) is 0 Å². The number of rotatable bonds is 6. The van der Waals surface area contributed by atoms with Gasteiger partial charge < -0.3 is 10.4 Å². The number of nitrogens with zero attached hydrogens (tertiary/aromatic N) is 2. The van der Waals surface area contributed by atoms with Gasteiger partial charge in [0, 0.05) is 18.8 Å². The fourth-order valence-electron chi connectivity index (χ4n) is 2.39. The molecule has 124 valence electrons. The Kier molecular flexibility index (Phi) is 5.55. The van der Waals surface area contributed by atoms with Crippen molar-refractivity contribution in [3.63, 3.8) is 0 Å². The molecule has 2 N–H and O–H groups in total. The number of hydrogen-bond donors (Lipinski definition) is 2. The van der Waals surface area contributed by atoms with Crippen LogP contribution >= 0.6 is 0 Å². The van der Waals surface area contributed by atoms with E-state index in [4.69, 9.17) is 0 Å². The van der Waals surface area contributed by atoms with Crippen LogP contribution < -0.4 is 5.32 Å². The van der Waals surface area contributed by atoms with E-state index in [2.05, 4.69) is 24.3 Å². The number of amides is 1. The summed E-state index contributed by atoms with van der Waals surface area (Å²) in [5.41, 5.74) is 3.34. The summed E-state index contributed by atoms with van der Waals surface area (Å²) in [7, 11) is 0. The van der Waals surface area contributed by atoms with E-state index in [0.29, 0.717) is 11.5 Å². The summed E-state index contributed by atoms with van der Waals surface area (Å²) in [6.45, 7) is 9.07. The Morgan fingerprint density at radius 2 is 1.91 bits per heavy atom. The monoisotopic (exact) mass is 315 g/mol. The van der Waals surface area contributed by atoms with Gasteiger partial charge in [-0.3, -0.25) is 9.48 Å². The molecular formula is C18H25N3O2. The minimum atomic E-state index is -0.717. The molecule has 5 nitrogen and oxygen atoms in total. The Morgan fingerprint density at radius 3 is 2.52 bits per heavy atom. The molecule has 0 aliphatic carbocycles. The molecule has 0 spiro atoms. The van der Waals surface area contributed by atoms with E-state index in [0.717, 1.165) is 23.4 Å². The number of aryl methyl sites for hydroxylation is 1. The Bertz CT molecular complexity index is 659. The van der Waals surface area contributed by atoms with E-state index in [1.54, 1.807) is 6.20 Å². The number of carbonyl (C=O) groups is 1. The van der Waals surface area contributed by atoms with Gasteiger partial charge in [0.2, 0.25) is 0 Å². The molecule has 0 saturated carbocycles. The molecule has 0 saturated heterocycles. The van der Waals surface area contributed by atoms with Crippen LogP contribution in [0.5, 0.6) is 0 Å². The topological polar surface area (TPSA) is 67.2 Å². The van der Waals surface area contributed by atoms with Gasteiger partial charge in [-0.25, -0.2) is 0 Å². The highest BCUT2D eigenvalue weighted by Crippen LogP contribution is 2.14. The van der Waals surface area contributed by atoms with E-state index >= 15 is 0 Å². The SMILES string of the molecule is Cc1ccc(C(O)CNC(=O)c2cnn(CC(C)C)c2C)cc1. The van der Waals surface area contributed by atoms with E-state index in [1.807, 2.05) is 42.8 Å². The van der Waals surface area contributed by atoms with Gasteiger partial charge in [-0.05, 0) is 25.3 Å². The first kappa shape index (κ1) is 17.2. The van der Waals surface area contributed by atoms with Gasteiger partial charge in [0.05, 0.1) is 17.9 Å². The second-order valence-electron chi connectivity index (χ2n) is 6.36. The van der Waals surface area contributed by atoms with Crippen LogP contribution in [0.3, 0.4) is 0 Å². The van der Waals surface area contributed by atoms with Crippen molar-refractivity contribution >= 4 is 5.91 Å². The number of aliphatic hydroxyl groups excluding tert-OH is 1. The van der Waals surface area contributed by atoms with Crippen LogP contribution in [-0.4, -0.2) is 27.3 Å². The third-order valence-corrected chi connectivity index (χ3v) is 3.80. The van der Waals surface area contributed by atoms with Crippen molar-refractivity contribution in [1.29, 1.82) is 0 Å². The van der Waals surface area contributed by atoms with Crippen molar-refractivity contribution in [1.82, 2.24) is 15.1 Å². The fourth-order valence-corrected chi connectivity index (χ4v) is 2.39. The molecule has 1 heterocycles. The maximum atomic E-state index is 12.3. The van der Waals surface area contributed by atoms with Crippen molar-refractivity contribution in [2.45, 2.75) is 40.3 Å². The van der Waals surface area contributed by atoms with Gasteiger partial charge in [0.25, 0.3) is 5.91 Å². The molecule has 1 aromatic carbocycles. The largest absolute Gasteiger partial charge is 0.387 e. The molecule has 1 atom stereocenters. The van der Waals surface area contributed by atoms with E-state index in [1.165, 1.54) is 0 Å². The van der Waals surface area contributed by atoms with Crippen LogP contribution in [0.25, 0.3) is 0 Å². The van der Waals surface area contributed by atoms with Crippen molar-refractivity contribution in [3.05, 3.63) is 52.8 Å². The molecular weight excluding hydrogens is 290 g/mol. The minimum Gasteiger partial charge on any atom is -0.387 e. The molecule has 0 radical (unpaired) electrons. The third kappa shape index (κ3) is 4.42. The molecule has 23 heavy (non-hydrogen) atoms.